The van der Waals surface area contributed by atoms with Crippen LogP contribution in [0.4, 0.5) is 5.82 Å². The SMILES string of the molecule is Cc1ccnc(NC(C)(C)CN)c1C#N. The molecule has 0 aliphatic rings. The molecule has 0 bridgehead atoms. The topological polar surface area (TPSA) is 74.7 Å². The third kappa shape index (κ3) is 2.67. The maximum atomic E-state index is 9.01. The minimum absolute atomic E-state index is 0.258. The zero-order valence-corrected chi connectivity index (χ0v) is 9.33. The maximum Gasteiger partial charge on any atom is 0.144 e. The van der Waals surface area contributed by atoms with Crippen molar-refractivity contribution in [2.24, 2.45) is 5.73 Å². The molecule has 1 aromatic rings. The van der Waals surface area contributed by atoms with Crippen molar-refractivity contribution in [1.29, 1.82) is 5.26 Å². The molecule has 0 fully saturated rings. The van der Waals surface area contributed by atoms with E-state index in [0.717, 1.165) is 5.56 Å². The summed E-state index contributed by atoms with van der Waals surface area (Å²) in [5.74, 6) is 0.605. The molecule has 0 aromatic carbocycles. The van der Waals surface area contributed by atoms with Crippen molar-refractivity contribution in [3.63, 3.8) is 0 Å². The summed E-state index contributed by atoms with van der Waals surface area (Å²) in [4.78, 5) is 4.15. The Morgan fingerprint density at radius 1 is 1.60 bits per heavy atom. The van der Waals surface area contributed by atoms with Crippen molar-refractivity contribution in [2.45, 2.75) is 26.3 Å². The molecule has 80 valence electrons. The molecule has 3 N–H and O–H groups in total. The molecule has 4 heteroatoms. The van der Waals surface area contributed by atoms with Gasteiger partial charge in [-0.15, -0.1) is 0 Å². The van der Waals surface area contributed by atoms with Crippen LogP contribution >= 0.6 is 0 Å². The molecule has 4 nitrogen and oxygen atoms in total. The lowest BCUT2D eigenvalue weighted by molar-refractivity contribution is 0.577. The first kappa shape index (κ1) is 11.5. The van der Waals surface area contributed by atoms with Crippen LogP contribution in [-0.2, 0) is 0 Å². The number of nitrogens with zero attached hydrogens (tertiary/aromatic N) is 2. The van der Waals surface area contributed by atoms with E-state index in [2.05, 4.69) is 16.4 Å². The Hall–Kier alpha value is -1.60. The molecule has 0 aliphatic carbocycles. The predicted molar refractivity (Wildman–Crippen MR) is 60.4 cm³/mol. The van der Waals surface area contributed by atoms with Gasteiger partial charge in [-0.05, 0) is 32.4 Å². The highest BCUT2D eigenvalue weighted by Gasteiger charge is 2.17. The van der Waals surface area contributed by atoms with E-state index in [1.807, 2.05) is 26.8 Å². The van der Waals surface area contributed by atoms with Gasteiger partial charge in [-0.2, -0.15) is 5.26 Å². The van der Waals surface area contributed by atoms with E-state index in [0.29, 0.717) is 17.9 Å². The Morgan fingerprint density at radius 3 is 2.80 bits per heavy atom. The van der Waals surface area contributed by atoms with Gasteiger partial charge in [-0.1, -0.05) is 0 Å². The number of aryl methyl sites for hydroxylation is 1. The Balaban J connectivity index is 3.06. The number of nitrogens with one attached hydrogen (secondary N) is 1. The average molecular weight is 204 g/mol. The molecule has 0 saturated carbocycles. The van der Waals surface area contributed by atoms with Crippen LogP contribution in [0.25, 0.3) is 0 Å². The molecule has 1 rings (SSSR count). The van der Waals surface area contributed by atoms with Gasteiger partial charge in [0.05, 0.1) is 5.56 Å². The predicted octanol–water partition coefficient (Wildman–Crippen LogP) is 1.41. The summed E-state index contributed by atoms with van der Waals surface area (Å²) in [6.45, 7) is 6.31. The number of hydrogen-bond donors (Lipinski definition) is 2. The van der Waals surface area contributed by atoms with Crippen LogP contribution in [0, 0.1) is 18.3 Å². The van der Waals surface area contributed by atoms with Crippen LogP contribution in [0.2, 0.25) is 0 Å². The van der Waals surface area contributed by atoms with Gasteiger partial charge in [0.2, 0.25) is 0 Å². The fourth-order valence-electron chi connectivity index (χ4n) is 1.17. The average Bonchev–Trinajstić information content (AvgIpc) is 2.18. The molecule has 0 amide bonds. The zero-order valence-electron chi connectivity index (χ0n) is 9.33. The lowest BCUT2D eigenvalue weighted by atomic mass is 10.1. The molecular weight excluding hydrogens is 188 g/mol. The van der Waals surface area contributed by atoms with Crippen molar-refractivity contribution in [3.05, 3.63) is 23.4 Å². The van der Waals surface area contributed by atoms with Gasteiger partial charge in [-0.25, -0.2) is 4.98 Å². The van der Waals surface area contributed by atoms with Gasteiger partial charge in [0.25, 0.3) is 0 Å². The first-order valence-electron chi connectivity index (χ1n) is 4.84. The summed E-state index contributed by atoms with van der Waals surface area (Å²) in [6, 6.07) is 3.96. The molecule has 15 heavy (non-hydrogen) atoms. The first-order valence-corrected chi connectivity index (χ1v) is 4.84. The Morgan fingerprint density at radius 2 is 2.27 bits per heavy atom. The van der Waals surface area contributed by atoms with E-state index in [-0.39, 0.29) is 5.54 Å². The number of rotatable bonds is 3. The van der Waals surface area contributed by atoms with E-state index in [1.165, 1.54) is 0 Å². The van der Waals surface area contributed by atoms with Gasteiger partial charge in [0, 0.05) is 18.3 Å². The molecule has 1 heterocycles. The molecule has 0 spiro atoms. The number of aromatic nitrogens is 1. The maximum absolute atomic E-state index is 9.01. The zero-order chi connectivity index (χ0) is 11.5. The normalized spacial score (nSPS) is 10.9. The van der Waals surface area contributed by atoms with E-state index in [1.54, 1.807) is 6.20 Å². The molecule has 1 aromatic heterocycles. The minimum atomic E-state index is -0.258. The largest absolute Gasteiger partial charge is 0.363 e. The second-order valence-corrected chi connectivity index (χ2v) is 4.18. The van der Waals surface area contributed by atoms with Gasteiger partial charge in [0.1, 0.15) is 11.9 Å². The van der Waals surface area contributed by atoms with Gasteiger partial charge < -0.3 is 11.1 Å². The Labute approximate surface area is 90.1 Å². The lowest BCUT2D eigenvalue weighted by Crippen LogP contribution is -2.39. The number of nitrogens with two attached hydrogens (primary N) is 1. The van der Waals surface area contributed by atoms with Crippen LogP contribution in [0.15, 0.2) is 12.3 Å². The quantitative estimate of drug-likeness (QED) is 0.780. The minimum Gasteiger partial charge on any atom is -0.363 e. The fraction of sp³-hybridized carbons (Fsp3) is 0.455. The molecule has 0 unspecified atom stereocenters. The van der Waals surface area contributed by atoms with Crippen molar-refractivity contribution in [2.75, 3.05) is 11.9 Å². The van der Waals surface area contributed by atoms with Crippen molar-refractivity contribution >= 4 is 5.82 Å². The smallest absolute Gasteiger partial charge is 0.144 e. The first-order chi connectivity index (χ1) is 7.00. The second kappa shape index (κ2) is 4.28. The highest BCUT2D eigenvalue weighted by Crippen LogP contribution is 2.18. The van der Waals surface area contributed by atoms with E-state index in [9.17, 15) is 0 Å². The fourth-order valence-corrected chi connectivity index (χ4v) is 1.17. The van der Waals surface area contributed by atoms with Gasteiger partial charge in [0.15, 0.2) is 0 Å². The summed E-state index contributed by atoms with van der Waals surface area (Å²) in [6.07, 6.45) is 1.69. The van der Waals surface area contributed by atoms with E-state index < -0.39 is 0 Å². The number of pyridine rings is 1. The molecule has 0 aliphatic heterocycles. The van der Waals surface area contributed by atoms with Crippen molar-refractivity contribution in [3.8, 4) is 6.07 Å². The summed E-state index contributed by atoms with van der Waals surface area (Å²) in [5.41, 5.74) is 6.85. The summed E-state index contributed by atoms with van der Waals surface area (Å²) in [5, 5.41) is 12.2. The van der Waals surface area contributed by atoms with Crippen molar-refractivity contribution in [1.82, 2.24) is 4.98 Å². The Kier molecular flexibility index (Phi) is 3.28. The number of hydrogen-bond acceptors (Lipinski definition) is 4. The summed E-state index contributed by atoms with van der Waals surface area (Å²) >= 11 is 0. The standard InChI is InChI=1S/C11H16N4/c1-8-4-5-14-10(9(8)6-12)15-11(2,3)7-13/h4-5H,7,13H2,1-3H3,(H,14,15). The monoisotopic (exact) mass is 204 g/mol. The highest BCUT2D eigenvalue weighted by molar-refractivity contribution is 5.56. The van der Waals surface area contributed by atoms with Crippen LogP contribution < -0.4 is 11.1 Å². The molecular formula is C11H16N4. The van der Waals surface area contributed by atoms with Crippen LogP contribution in [-0.4, -0.2) is 17.1 Å². The Bertz CT molecular complexity index is 390. The third-order valence-electron chi connectivity index (χ3n) is 2.24. The van der Waals surface area contributed by atoms with Crippen LogP contribution in [0.3, 0.4) is 0 Å². The molecule has 0 radical (unpaired) electrons. The molecule has 0 atom stereocenters. The summed E-state index contributed by atoms with van der Waals surface area (Å²) in [7, 11) is 0. The summed E-state index contributed by atoms with van der Waals surface area (Å²) < 4.78 is 0. The van der Waals surface area contributed by atoms with E-state index >= 15 is 0 Å². The number of nitriles is 1. The van der Waals surface area contributed by atoms with Gasteiger partial charge in [-0.3, -0.25) is 0 Å². The van der Waals surface area contributed by atoms with Gasteiger partial charge >= 0.3 is 0 Å². The second-order valence-electron chi connectivity index (χ2n) is 4.18. The van der Waals surface area contributed by atoms with E-state index in [4.69, 9.17) is 11.0 Å². The third-order valence-corrected chi connectivity index (χ3v) is 2.24. The van der Waals surface area contributed by atoms with Crippen LogP contribution in [0.5, 0.6) is 0 Å². The highest BCUT2D eigenvalue weighted by atomic mass is 15.1. The molecule has 0 saturated heterocycles. The van der Waals surface area contributed by atoms with Crippen molar-refractivity contribution < 1.29 is 0 Å². The number of anilines is 1. The van der Waals surface area contributed by atoms with Crippen LogP contribution in [0.1, 0.15) is 25.0 Å². The lowest BCUT2D eigenvalue weighted by Gasteiger charge is -2.25.